The Morgan fingerprint density at radius 1 is 1.21 bits per heavy atom. The molecule has 1 amide bonds. The average Bonchev–Trinajstić information content (AvgIpc) is 3.42. The molecule has 3 aliphatic rings. The maximum absolute atomic E-state index is 12.7. The Labute approximate surface area is 200 Å². The standard InChI is InChI=1S/C27H32N4O3/c1-17(2)18-6-7-19-13-29-24(20(19)12-18)21-14-28-15-23(30-21)33-22-16-31(11-10-27(22)8-9-27)25(32)34-26(3,4)5/h6-7,12,14-15,22H,1,8-11,13,16H2,2-5H3/t22-/m0/s1. The molecule has 5 rings (SSSR count). The molecule has 0 bridgehead atoms. The van der Waals surface area contributed by atoms with E-state index >= 15 is 0 Å². The molecule has 0 N–H and O–H groups in total. The van der Waals surface area contributed by atoms with Gasteiger partial charge in [-0.05, 0) is 64.2 Å². The summed E-state index contributed by atoms with van der Waals surface area (Å²) in [6, 6.07) is 6.31. The van der Waals surface area contributed by atoms with Crippen molar-refractivity contribution in [2.45, 2.75) is 65.2 Å². The van der Waals surface area contributed by atoms with Gasteiger partial charge in [0.2, 0.25) is 5.88 Å². The van der Waals surface area contributed by atoms with Gasteiger partial charge in [-0.3, -0.25) is 9.98 Å². The number of aromatic nitrogens is 2. The Kier molecular flexibility index (Phi) is 5.46. The van der Waals surface area contributed by atoms with Gasteiger partial charge in [-0.15, -0.1) is 0 Å². The second kappa shape index (κ2) is 8.22. The molecule has 178 valence electrons. The number of piperidine rings is 1. The monoisotopic (exact) mass is 460 g/mol. The maximum atomic E-state index is 12.7. The van der Waals surface area contributed by atoms with E-state index in [4.69, 9.17) is 19.5 Å². The van der Waals surface area contributed by atoms with Gasteiger partial charge < -0.3 is 14.4 Å². The lowest BCUT2D eigenvalue weighted by Crippen LogP contribution is -2.51. The minimum absolute atomic E-state index is 0.115. The van der Waals surface area contributed by atoms with Gasteiger partial charge in [0.1, 0.15) is 17.4 Å². The molecule has 1 aromatic heterocycles. The van der Waals surface area contributed by atoms with Crippen molar-refractivity contribution in [3.8, 4) is 5.88 Å². The summed E-state index contributed by atoms with van der Waals surface area (Å²) in [7, 11) is 0. The van der Waals surface area contributed by atoms with Crippen molar-refractivity contribution >= 4 is 17.4 Å². The highest BCUT2D eigenvalue weighted by atomic mass is 16.6. The van der Waals surface area contributed by atoms with Gasteiger partial charge in [0, 0.05) is 17.5 Å². The van der Waals surface area contributed by atoms with Gasteiger partial charge in [-0.2, -0.15) is 0 Å². The number of likely N-dealkylation sites (tertiary alicyclic amines) is 1. The highest BCUT2D eigenvalue weighted by Gasteiger charge is 2.54. The Balaban J connectivity index is 1.35. The average molecular weight is 461 g/mol. The van der Waals surface area contributed by atoms with E-state index < -0.39 is 5.60 Å². The van der Waals surface area contributed by atoms with Crippen LogP contribution in [0.5, 0.6) is 5.88 Å². The van der Waals surface area contributed by atoms with E-state index in [0.29, 0.717) is 31.2 Å². The van der Waals surface area contributed by atoms with E-state index in [0.717, 1.165) is 41.7 Å². The number of fused-ring (bicyclic) bond motifs is 1. The van der Waals surface area contributed by atoms with Crippen molar-refractivity contribution in [1.29, 1.82) is 0 Å². The van der Waals surface area contributed by atoms with Crippen LogP contribution in [0.1, 0.15) is 69.3 Å². The smallest absolute Gasteiger partial charge is 0.410 e. The molecule has 0 radical (unpaired) electrons. The number of carbonyl (C=O) groups excluding carboxylic acids is 1. The molecular weight excluding hydrogens is 428 g/mol. The molecule has 0 unspecified atom stereocenters. The zero-order valence-electron chi connectivity index (χ0n) is 20.4. The van der Waals surface area contributed by atoms with Crippen LogP contribution in [-0.4, -0.2) is 51.5 Å². The van der Waals surface area contributed by atoms with Crippen molar-refractivity contribution in [3.63, 3.8) is 0 Å². The van der Waals surface area contributed by atoms with Crippen LogP contribution in [0.15, 0.2) is 42.2 Å². The number of amides is 1. The van der Waals surface area contributed by atoms with Crippen molar-refractivity contribution in [3.05, 3.63) is 59.6 Å². The van der Waals surface area contributed by atoms with Crippen LogP contribution in [-0.2, 0) is 11.3 Å². The molecule has 34 heavy (non-hydrogen) atoms. The second-order valence-electron chi connectivity index (χ2n) is 10.7. The number of nitrogens with zero attached hydrogens (tertiary/aromatic N) is 4. The third-order valence-corrected chi connectivity index (χ3v) is 6.88. The summed E-state index contributed by atoms with van der Waals surface area (Å²) >= 11 is 0. The topological polar surface area (TPSA) is 76.9 Å². The van der Waals surface area contributed by atoms with Crippen LogP contribution < -0.4 is 4.74 Å². The van der Waals surface area contributed by atoms with Crippen LogP contribution in [0.4, 0.5) is 4.79 Å². The molecule has 7 nitrogen and oxygen atoms in total. The van der Waals surface area contributed by atoms with Crippen molar-refractivity contribution < 1.29 is 14.3 Å². The normalized spacial score (nSPS) is 20.5. The van der Waals surface area contributed by atoms with E-state index in [9.17, 15) is 4.79 Å². The molecule has 1 saturated heterocycles. The van der Waals surface area contributed by atoms with E-state index in [1.54, 1.807) is 17.3 Å². The summed E-state index contributed by atoms with van der Waals surface area (Å²) in [5.74, 6) is 0.465. The molecule has 1 atom stereocenters. The number of hydrogen-bond acceptors (Lipinski definition) is 6. The molecule has 3 heterocycles. The second-order valence-corrected chi connectivity index (χ2v) is 10.7. The van der Waals surface area contributed by atoms with Crippen molar-refractivity contribution in [1.82, 2.24) is 14.9 Å². The number of rotatable bonds is 4. The van der Waals surface area contributed by atoms with E-state index in [1.165, 1.54) is 5.56 Å². The van der Waals surface area contributed by atoms with Crippen LogP contribution in [0, 0.1) is 5.41 Å². The van der Waals surface area contributed by atoms with Crippen LogP contribution >= 0.6 is 0 Å². The van der Waals surface area contributed by atoms with Crippen molar-refractivity contribution in [2.75, 3.05) is 13.1 Å². The molecule has 2 aliphatic heterocycles. The first-order valence-electron chi connectivity index (χ1n) is 11.9. The fourth-order valence-corrected chi connectivity index (χ4v) is 4.72. The lowest BCUT2D eigenvalue weighted by Gasteiger charge is -2.39. The molecule has 7 heteroatoms. The van der Waals surface area contributed by atoms with Gasteiger partial charge in [0.05, 0.1) is 31.2 Å². The summed E-state index contributed by atoms with van der Waals surface area (Å²) in [5.41, 5.74) is 5.46. The predicted octanol–water partition coefficient (Wildman–Crippen LogP) is 5.03. The lowest BCUT2D eigenvalue weighted by atomic mass is 9.90. The Morgan fingerprint density at radius 3 is 2.71 bits per heavy atom. The molecule has 1 aromatic carbocycles. The maximum Gasteiger partial charge on any atom is 0.410 e. The van der Waals surface area contributed by atoms with Gasteiger partial charge in [-0.1, -0.05) is 24.3 Å². The Morgan fingerprint density at radius 2 is 2.00 bits per heavy atom. The van der Waals surface area contributed by atoms with Gasteiger partial charge in [0.25, 0.3) is 0 Å². The molecule has 1 saturated carbocycles. The highest BCUT2D eigenvalue weighted by molar-refractivity contribution is 6.14. The fourth-order valence-electron chi connectivity index (χ4n) is 4.72. The van der Waals surface area contributed by atoms with E-state index in [1.807, 2.05) is 27.7 Å². The van der Waals surface area contributed by atoms with Crippen molar-refractivity contribution in [2.24, 2.45) is 10.4 Å². The van der Waals surface area contributed by atoms with Crippen LogP contribution in [0.2, 0.25) is 0 Å². The number of hydrogen-bond donors (Lipinski definition) is 0. The number of carbonyl (C=O) groups is 1. The predicted molar refractivity (Wildman–Crippen MR) is 131 cm³/mol. The summed E-state index contributed by atoms with van der Waals surface area (Å²) < 4.78 is 12.0. The minimum Gasteiger partial charge on any atom is -0.471 e. The summed E-state index contributed by atoms with van der Waals surface area (Å²) in [5, 5.41) is 0. The van der Waals surface area contributed by atoms with Gasteiger partial charge >= 0.3 is 6.09 Å². The zero-order valence-corrected chi connectivity index (χ0v) is 20.4. The first-order valence-corrected chi connectivity index (χ1v) is 11.9. The van der Waals surface area contributed by atoms with E-state index in [-0.39, 0.29) is 17.6 Å². The fraction of sp³-hybridized carbons (Fsp3) is 0.481. The molecule has 2 aromatic rings. The number of ether oxygens (including phenoxy) is 2. The first kappa shape index (κ1) is 22.6. The number of allylic oxidation sites excluding steroid dienone is 1. The zero-order chi connectivity index (χ0) is 24.1. The summed E-state index contributed by atoms with van der Waals surface area (Å²) in [6.45, 7) is 13.5. The molecule has 1 aliphatic carbocycles. The Bertz CT molecular complexity index is 1180. The number of aliphatic imine (C=N–C) groups is 1. The molecular formula is C27H32N4O3. The third kappa shape index (κ3) is 4.43. The van der Waals surface area contributed by atoms with Crippen LogP contribution in [0.25, 0.3) is 5.57 Å². The van der Waals surface area contributed by atoms with Crippen LogP contribution in [0.3, 0.4) is 0 Å². The quantitative estimate of drug-likeness (QED) is 0.640. The molecule has 2 fully saturated rings. The molecule has 1 spiro atoms. The third-order valence-electron chi connectivity index (χ3n) is 6.88. The van der Waals surface area contributed by atoms with Gasteiger partial charge in [0.15, 0.2) is 0 Å². The minimum atomic E-state index is -0.524. The Hall–Kier alpha value is -3.22. The SMILES string of the molecule is C=C(C)c1ccc2c(c1)C(c1cncc(O[C@H]3CN(C(=O)OC(C)(C)C)CCC34CC4)n1)=NC2. The van der Waals surface area contributed by atoms with E-state index in [2.05, 4.69) is 29.8 Å². The summed E-state index contributed by atoms with van der Waals surface area (Å²) in [6.07, 6.45) is 6.08. The lowest BCUT2D eigenvalue weighted by molar-refractivity contribution is -0.0120. The largest absolute Gasteiger partial charge is 0.471 e. The number of benzene rings is 1. The highest BCUT2D eigenvalue weighted by Crippen LogP contribution is 2.54. The summed E-state index contributed by atoms with van der Waals surface area (Å²) in [4.78, 5) is 28.3. The van der Waals surface area contributed by atoms with Gasteiger partial charge in [-0.25, -0.2) is 9.78 Å². The first-order chi connectivity index (χ1) is 16.1.